The van der Waals surface area contributed by atoms with Gasteiger partial charge < -0.3 is 29.6 Å². The molecule has 0 aromatic heterocycles. The van der Waals surface area contributed by atoms with E-state index >= 15 is 0 Å². The van der Waals surface area contributed by atoms with E-state index in [9.17, 15) is 28.8 Å². The molecule has 3 amide bonds. The summed E-state index contributed by atoms with van der Waals surface area (Å²) in [7, 11) is 3.21. The van der Waals surface area contributed by atoms with Gasteiger partial charge in [0.1, 0.15) is 17.2 Å². The van der Waals surface area contributed by atoms with Gasteiger partial charge in [-0.05, 0) is 66.8 Å². The van der Waals surface area contributed by atoms with Gasteiger partial charge >= 0.3 is 24.1 Å². The average molecular weight is 669 g/mol. The van der Waals surface area contributed by atoms with Gasteiger partial charge in [0.2, 0.25) is 6.10 Å². The minimum atomic E-state index is -1.03. The van der Waals surface area contributed by atoms with Crippen LogP contribution in [0.25, 0.3) is 0 Å². The highest BCUT2D eigenvalue weighted by Gasteiger charge is 2.55. The predicted octanol–water partition coefficient (Wildman–Crippen LogP) is 3.77. The van der Waals surface area contributed by atoms with E-state index in [-0.39, 0.29) is 13.1 Å². The molecule has 3 rings (SSSR count). The minimum Gasteiger partial charge on any atom is -0.449 e. The third-order valence-corrected chi connectivity index (χ3v) is 5.43. The fraction of sp³-hybridized carbons (Fsp3) is 0.412. The van der Waals surface area contributed by atoms with Gasteiger partial charge in [0, 0.05) is 6.21 Å². The lowest BCUT2D eigenvalue weighted by Crippen LogP contribution is -2.63. The van der Waals surface area contributed by atoms with Crippen LogP contribution in [-0.2, 0) is 38.1 Å². The minimum absolute atomic E-state index is 0.0161. The molecule has 1 heterocycles. The molecule has 0 bridgehead atoms. The maximum Gasteiger partial charge on any atom is 0.434 e. The molecular formula is C34H44N4O10. The zero-order valence-electron chi connectivity index (χ0n) is 28.5. The Morgan fingerprint density at radius 3 is 1.85 bits per heavy atom. The SMILES string of the molecule is CC(C)(C)OC(=O)N=Cc1ccccc1.CNCC(=O)OC=C=O.CNCC(=O)O[C@H]1C(=O)N(C(=O)OC(C)(C)C)C1c1ccccc1. The van der Waals surface area contributed by atoms with Crippen molar-refractivity contribution in [1.82, 2.24) is 15.5 Å². The first-order valence-electron chi connectivity index (χ1n) is 14.8. The maximum atomic E-state index is 12.3. The largest absolute Gasteiger partial charge is 0.449 e. The highest BCUT2D eigenvalue weighted by Crippen LogP contribution is 2.38. The van der Waals surface area contributed by atoms with Crippen molar-refractivity contribution < 1.29 is 47.7 Å². The van der Waals surface area contributed by atoms with Gasteiger partial charge in [0.15, 0.2) is 12.2 Å². The van der Waals surface area contributed by atoms with Gasteiger partial charge in [0.05, 0.1) is 13.1 Å². The Morgan fingerprint density at radius 1 is 0.833 bits per heavy atom. The number of β-lactam (4-membered cyclic amide) rings is 1. The Hall–Kier alpha value is -5.17. The summed E-state index contributed by atoms with van der Waals surface area (Å²) >= 11 is 0. The number of ether oxygens (including phenoxy) is 4. The number of imide groups is 1. The Balaban J connectivity index is 0.000000408. The molecule has 14 heteroatoms. The summed E-state index contributed by atoms with van der Waals surface area (Å²) < 4.78 is 19.7. The molecule has 0 spiro atoms. The Kier molecular flexibility index (Phi) is 17.1. The van der Waals surface area contributed by atoms with Crippen molar-refractivity contribution in [1.29, 1.82) is 0 Å². The van der Waals surface area contributed by atoms with Crippen molar-refractivity contribution in [2.24, 2.45) is 4.99 Å². The van der Waals surface area contributed by atoms with Crippen LogP contribution in [0.3, 0.4) is 0 Å². The number of nitrogens with zero attached hydrogens (tertiary/aromatic N) is 2. The number of likely N-dealkylation sites (tertiary alicyclic amines) is 1. The maximum absolute atomic E-state index is 12.3. The lowest BCUT2D eigenvalue weighted by molar-refractivity contribution is -0.181. The zero-order chi connectivity index (χ0) is 36.3. The van der Waals surface area contributed by atoms with Crippen LogP contribution in [0.1, 0.15) is 58.7 Å². The molecule has 0 saturated carbocycles. The van der Waals surface area contributed by atoms with E-state index in [1.165, 1.54) is 12.2 Å². The highest BCUT2D eigenvalue weighted by molar-refractivity contribution is 6.02. The van der Waals surface area contributed by atoms with Gasteiger partial charge in [-0.15, -0.1) is 0 Å². The van der Waals surface area contributed by atoms with Crippen LogP contribution in [0.15, 0.2) is 71.9 Å². The molecule has 2 aromatic carbocycles. The van der Waals surface area contributed by atoms with Crippen LogP contribution in [0.2, 0.25) is 0 Å². The number of likely N-dealkylation sites (N-methyl/N-ethyl adjacent to an activating group) is 2. The second-order valence-corrected chi connectivity index (χ2v) is 11.9. The summed E-state index contributed by atoms with van der Waals surface area (Å²) in [6, 6.07) is 17.7. The number of hydrogen-bond acceptors (Lipinski definition) is 12. The first kappa shape index (κ1) is 40.9. The number of benzene rings is 2. The smallest absolute Gasteiger partial charge is 0.434 e. The molecule has 2 atom stereocenters. The van der Waals surface area contributed by atoms with E-state index in [2.05, 4.69) is 20.4 Å². The molecule has 2 aromatic rings. The number of amides is 3. The molecule has 0 aliphatic carbocycles. The van der Waals surface area contributed by atoms with E-state index in [0.717, 1.165) is 10.5 Å². The number of esters is 2. The molecule has 260 valence electrons. The lowest BCUT2D eigenvalue weighted by atomic mass is 9.91. The van der Waals surface area contributed by atoms with Crippen molar-refractivity contribution in [2.75, 3.05) is 27.2 Å². The number of aliphatic imine (C=N–C) groups is 1. The number of hydrogen-bond donors (Lipinski definition) is 2. The molecule has 0 radical (unpaired) electrons. The second kappa shape index (κ2) is 20.1. The second-order valence-electron chi connectivity index (χ2n) is 11.9. The number of carbonyl (C=O) groups excluding carboxylic acids is 6. The molecule has 48 heavy (non-hydrogen) atoms. The van der Waals surface area contributed by atoms with Crippen molar-refractivity contribution in [3.8, 4) is 0 Å². The van der Waals surface area contributed by atoms with Crippen LogP contribution >= 0.6 is 0 Å². The van der Waals surface area contributed by atoms with Crippen molar-refractivity contribution in [3.63, 3.8) is 0 Å². The van der Waals surface area contributed by atoms with Gasteiger partial charge in [0.25, 0.3) is 5.91 Å². The fourth-order valence-electron chi connectivity index (χ4n) is 3.62. The van der Waals surface area contributed by atoms with Crippen molar-refractivity contribution >= 4 is 42.2 Å². The Bertz CT molecular complexity index is 1430. The average Bonchev–Trinajstić information content (AvgIpc) is 3.00. The van der Waals surface area contributed by atoms with Crippen molar-refractivity contribution in [3.05, 3.63) is 78.1 Å². The van der Waals surface area contributed by atoms with Gasteiger partial charge in [-0.25, -0.2) is 19.3 Å². The third kappa shape index (κ3) is 15.9. The quantitative estimate of drug-likeness (QED) is 0.104. The highest BCUT2D eigenvalue weighted by atomic mass is 16.6. The summed E-state index contributed by atoms with van der Waals surface area (Å²) in [5.74, 6) is -0.324. The van der Waals surface area contributed by atoms with Gasteiger partial charge in [-0.1, -0.05) is 60.7 Å². The summed E-state index contributed by atoms with van der Waals surface area (Å²) in [6.07, 6.45) is -0.164. The Labute approximate surface area is 280 Å². The van der Waals surface area contributed by atoms with E-state index in [4.69, 9.17) is 14.2 Å². The van der Waals surface area contributed by atoms with Crippen LogP contribution in [0.4, 0.5) is 9.59 Å². The molecule has 2 N–H and O–H groups in total. The van der Waals surface area contributed by atoms with Crippen LogP contribution < -0.4 is 10.6 Å². The molecule has 1 unspecified atom stereocenters. The lowest BCUT2D eigenvalue weighted by Gasteiger charge is -2.44. The third-order valence-electron chi connectivity index (χ3n) is 5.43. The zero-order valence-corrected chi connectivity index (χ0v) is 28.5. The van der Waals surface area contributed by atoms with Crippen molar-refractivity contribution in [2.45, 2.75) is 64.9 Å². The molecule has 1 fully saturated rings. The monoisotopic (exact) mass is 668 g/mol. The Morgan fingerprint density at radius 2 is 1.35 bits per heavy atom. The standard InChI is InChI=1S/C17H22N2O5.C12H15NO2.C5H7NO3/c1-17(2,3)24-16(22)19-13(11-8-6-5-7-9-11)14(15(19)21)23-12(20)10-18-4;1-12(2,3)15-11(14)13-9-10-7-5-4-6-8-10;1-6-4-5(8)9-3-2-7/h5-9,13-14,18H,10H2,1-4H3;4-9H,1-3H3;3,6H,4H2,1H3/t13?,14-;;/m1../s1. The predicted molar refractivity (Wildman–Crippen MR) is 177 cm³/mol. The molecular weight excluding hydrogens is 624 g/mol. The first-order chi connectivity index (χ1) is 22.5. The van der Waals surface area contributed by atoms with Gasteiger partial charge in [-0.2, -0.15) is 4.99 Å². The number of nitrogens with one attached hydrogen (secondary N) is 2. The summed E-state index contributed by atoms with van der Waals surface area (Å²) in [5.41, 5.74) is 0.353. The van der Waals surface area contributed by atoms with E-state index < -0.39 is 53.4 Å². The number of carbonyl (C=O) groups is 5. The molecule has 1 aliphatic rings. The molecule has 1 aliphatic heterocycles. The number of rotatable bonds is 8. The first-order valence-corrected chi connectivity index (χ1v) is 14.8. The summed E-state index contributed by atoms with van der Waals surface area (Å²) in [5, 5.41) is 5.22. The van der Waals surface area contributed by atoms with Crippen LogP contribution in [-0.4, -0.2) is 91.6 Å². The summed E-state index contributed by atoms with van der Waals surface area (Å²) in [4.78, 5) is 72.0. The summed E-state index contributed by atoms with van der Waals surface area (Å²) in [6.45, 7) is 10.7. The van der Waals surface area contributed by atoms with E-state index in [1.54, 1.807) is 59.1 Å². The molecule has 1 saturated heterocycles. The van der Waals surface area contributed by atoms with Crippen LogP contribution in [0.5, 0.6) is 0 Å². The van der Waals surface area contributed by atoms with E-state index in [0.29, 0.717) is 11.8 Å². The molecule has 14 nitrogen and oxygen atoms in total. The topological polar surface area (TPSA) is 179 Å². The van der Waals surface area contributed by atoms with Crippen LogP contribution in [0, 0.1) is 0 Å². The fourth-order valence-corrected chi connectivity index (χ4v) is 3.62. The van der Waals surface area contributed by atoms with E-state index in [1.807, 2.05) is 57.2 Å². The normalized spacial score (nSPS) is 15.2. The van der Waals surface area contributed by atoms with Gasteiger partial charge in [-0.3, -0.25) is 14.4 Å².